The molecule has 1 aromatic carbocycles. The number of nitrogens with zero attached hydrogens (tertiary/aromatic N) is 3. The largest absolute Gasteiger partial charge is 0.416 e. The van der Waals surface area contributed by atoms with E-state index < -0.39 is 11.7 Å². The molecule has 2 aromatic rings. The number of nitrogens with one attached hydrogen (secondary N) is 1. The van der Waals surface area contributed by atoms with E-state index in [-0.39, 0.29) is 18.5 Å². The third-order valence-electron chi connectivity index (χ3n) is 4.33. The number of carbonyl (C=O) groups excluding carboxylic acids is 1. The van der Waals surface area contributed by atoms with E-state index in [1.165, 1.54) is 12.1 Å². The average Bonchev–Trinajstić information content (AvgIpc) is 3.06. The van der Waals surface area contributed by atoms with Gasteiger partial charge in [-0.2, -0.15) is 18.2 Å². The molecule has 1 aliphatic rings. The van der Waals surface area contributed by atoms with E-state index in [1.54, 1.807) is 11.8 Å². The molecule has 1 aromatic heterocycles. The Morgan fingerprint density at radius 3 is 2.69 bits per heavy atom. The van der Waals surface area contributed by atoms with Crippen LogP contribution in [0.25, 0.3) is 0 Å². The predicted octanol–water partition coefficient (Wildman–Crippen LogP) is 3.49. The summed E-state index contributed by atoms with van der Waals surface area (Å²) in [6, 6.07) is 4.49. The Morgan fingerprint density at radius 1 is 1.35 bits per heavy atom. The van der Waals surface area contributed by atoms with E-state index in [4.69, 9.17) is 4.52 Å². The number of urea groups is 1. The Labute approximate surface area is 148 Å². The molecule has 0 spiro atoms. The molecule has 9 heteroatoms. The lowest BCUT2D eigenvalue weighted by molar-refractivity contribution is -0.137. The number of hydrogen-bond acceptors (Lipinski definition) is 4. The number of rotatable bonds is 3. The van der Waals surface area contributed by atoms with Crippen molar-refractivity contribution in [1.82, 2.24) is 20.4 Å². The predicted molar refractivity (Wildman–Crippen MR) is 86.3 cm³/mol. The van der Waals surface area contributed by atoms with Crippen LogP contribution in [-0.2, 0) is 12.7 Å². The molecule has 1 saturated heterocycles. The monoisotopic (exact) mass is 368 g/mol. The normalized spacial score (nSPS) is 18.0. The van der Waals surface area contributed by atoms with E-state index in [1.807, 2.05) is 0 Å². The fourth-order valence-corrected chi connectivity index (χ4v) is 2.94. The van der Waals surface area contributed by atoms with Crippen molar-refractivity contribution in [3.63, 3.8) is 0 Å². The highest BCUT2D eigenvalue weighted by Crippen LogP contribution is 2.29. The topological polar surface area (TPSA) is 71.3 Å². The number of aryl methyl sites for hydroxylation is 1. The minimum absolute atomic E-state index is 0.00164. The Bertz CT molecular complexity index is 758. The second kappa shape index (κ2) is 7.35. The first-order valence-corrected chi connectivity index (χ1v) is 8.32. The van der Waals surface area contributed by atoms with Crippen LogP contribution >= 0.6 is 0 Å². The third kappa shape index (κ3) is 4.33. The summed E-state index contributed by atoms with van der Waals surface area (Å²) in [5, 5.41) is 6.52. The van der Waals surface area contributed by atoms with E-state index in [2.05, 4.69) is 15.5 Å². The minimum Gasteiger partial charge on any atom is -0.339 e. The smallest absolute Gasteiger partial charge is 0.339 e. The lowest BCUT2D eigenvalue weighted by atomic mass is 9.98. The number of piperidine rings is 1. The highest BCUT2D eigenvalue weighted by atomic mass is 19.4. The summed E-state index contributed by atoms with van der Waals surface area (Å²) < 4.78 is 42.9. The number of halogens is 3. The molecule has 2 amide bonds. The zero-order valence-corrected chi connectivity index (χ0v) is 14.2. The molecule has 1 atom stereocenters. The van der Waals surface area contributed by atoms with Crippen LogP contribution in [0.1, 0.15) is 41.6 Å². The summed E-state index contributed by atoms with van der Waals surface area (Å²) >= 11 is 0. The Kier molecular flexibility index (Phi) is 5.15. The number of aromatic nitrogens is 2. The van der Waals surface area contributed by atoms with E-state index in [9.17, 15) is 18.0 Å². The summed E-state index contributed by atoms with van der Waals surface area (Å²) in [6.45, 7) is 2.99. The first kappa shape index (κ1) is 18.2. The van der Waals surface area contributed by atoms with Gasteiger partial charge in [-0.05, 0) is 37.5 Å². The first-order valence-electron chi connectivity index (χ1n) is 8.32. The molecule has 0 unspecified atom stereocenters. The van der Waals surface area contributed by atoms with Crippen LogP contribution in [-0.4, -0.2) is 34.2 Å². The van der Waals surface area contributed by atoms with Crippen molar-refractivity contribution in [2.45, 2.75) is 38.4 Å². The lowest BCUT2D eigenvalue weighted by Gasteiger charge is -2.31. The number of benzene rings is 1. The molecule has 0 aliphatic carbocycles. The van der Waals surface area contributed by atoms with Gasteiger partial charge in [-0.25, -0.2) is 4.79 Å². The van der Waals surface area contributed by atoms with Crippen LogP contribution in [0.2, 0.25) is 0 Å². The van der Waals surface area contributed by atoms with Crippen LogP contribution in [0.3, 0.4) is 0 Å². The molecule has 6 nitrogen and oxygen atoms in total. The summed E-state index contributed by atoms with van der Waals surface area (Å²) in [5.41, 5.74) is -0.103. The maximum atomic E-state index is 12.6. The lowest BCUT2D eigenvalue weighted by Crippen LogP contribution is -2.44. The molecule has 0 bridgehead atoms. The van der Waals surface area contributed by atoms with Gasteiger partial charge in [0.15, 0.2) is 5.82 Å². The molecular weight excluding hydrogens is 349 g/mol. The maximum absolute atomic E-state index is 12.6. The number of carbonyl (C=O) groups is 1. The van der Waals surface area contributed by atoms with Crippen molar-refractivity contribution in [3.05, 3.63) is 47.1 Å². The molecule has 3 rings (SSSR count). The maximum Gasteiger partial charge on any atom is 0.416 e. The molecule has 1 fully saturated rings. The van der Waals surface area contributed by atoms with Crippen molar-refractivity contribution in [3.8, 4) is 0 Å². The SMILES string of the molecule is Cc1noc([C@@H]2CCCN(C(=O)NCc3ccc(C(F)(F)F)cc3)C2)n1. The molecule has 1 aliphatic heterocycles. The minimum atomic E-state index is -4.36. The van der Waals surface area contributed by atoms with Crippen LogP contribution in [0.4, 0.5) is 18.0 Å². The average molecular weight is 368 g/mol. The molecule has 140 valence electrons. The van der Waals surface area contributed by atoms with Crippen molar-refractivity contribution >= 4 is 6.03 Å². The van der Waals surface area contributed by atoms with Gasteiger partial charge in [-0.3, -0.25) is 0 Å². The zero-order chi connectivity index (χ0) is 18.7. The Morgan fingerprint density at radius 2 is 2.08 bits per heavy atom. The second-order valence-electron chi connectivity index (χ2n) is 6.32. The summed E-state index contributed by atoms with van der Waals surface area (Å²) in [4.78, 5) is 18.2. The fourth-order valence-electron chi connectivity index (χ4n) is 2.94. The molecule has 2 heterocycles. The number of hydrogen-bond donors (Lipinski definition) is 1. The van der Waals surface area contributed by atoms with E-state index in [0.717, 1.165) is 25.0 Å². The van der Waals surface area contributed by atoms with Gasteiger partial charge in [0.1, 0.15) is 0 Å². The third-order valence-corrected chi connectivity index (χ3v) is 4.33. The van der Waals surface area contributed by atoms with Crippen molar-refractivity contribution in [2.24, 2.45) is 0 Å². The molecule has 26 heavy (non-hydrogen) atoms. The fraction of sp³-hybridized carbons (Fsp3) is 0.471. The van der Waals surface area contributed by atoms with Gasteiger partial charge >= 0.3 is 12.2 Å². The highest BCUT2D eigenvalue weighted by Gasteiger charge is 2.30. The van der Waals surface area contributed by atoms with Crippen LogP contribution < -0.4 is 5.32 Å². The van der Waals surface area contributed by atoms with E-state index in [0.29, 0.717) is 30.4 Å². The van der Waals surface area contributed by atoms with Crippen molar-refractivity contribution in [1.29, 1.82) is 0 Å². The quantitative estimate of drug-likeness (QED) is 0.900. The van der Waals surface area contributed by atoms with Crippen molar-refractivity contribution < 1.29 is 22.5 Å². The van der Waals surface area contributed by atoms with Crippen LogP contribution in [0.5, 0.6) is 0 Å². The molecule has 1 N–H and O–H groups in total. The van der Waals surface area contributed by atoms with Gasteiger partial charge in [0, 0.05) is 19.6 Å². The van der Waals surface area contributed by atoms with E-state index >= 15 is 0 Å². The molecule has 0 saturated carbocycles. The number of amides is 2. The zero-order valence-electron chi connectivity index (χ0n) is 14.2. The number of alkyl halides is 3. The van der Waals surface area contributed by atoms with Crippen molar-refractivity contribution in [2.75, 3.05) is 13.1 Å². The summed E-state index contributed by atoms with van der Waals surface area (Å²) in [6.07, 6.45) is -2.68. The Balaban J connectivity index is 1.54. The van der Waals surface area contributed by atoms with Crippen LogP contribution in [0, 0.1) is 6.92 Å². The Hall–Kier alpha value is -2.58. The second-order valence-corrected chi connectivity index (χ2v) is 6.32. The summed E-state index contributed by atoms with van der Waals surface area (Å²) in [5.74, 6) is 1.09. The molecular formula is C17H19F3N4O2. The summed E-state index contributed by atoms with van der Waals surface area (Å²) in [7, 11) is 0. The first-order chi connectivity index (χ1) is 12.3. The van der Waals surface area contributed by atoms with Gasteiger partial charge in [0.25, 0.3) is 0 Å². The standard InChI is InChI=1S/C17H19F3N4O2/c1-11-22-15(26-23-11)13-3-2-8-24(10-13)16(25)21-9-12-4-6-14(7-5-12)17(18,19)20/h4-7,13H,2-3,8-10H2,1H3,(H,21,25)/t13-/m1/s1. The van der Waals surface area contributed by atoms with Gasteiger partial charge in [0.05, 0.1) is 11.5 Å². The van der Waals surface area contributed by atoms with Gasteiger partial charge in [-0.15, -0.1) is 0 Å². The van der Waals surface area contributed by atoms with Crippen LogP contribution in [0.15, 0.2) is 28.8 Å². The number of likely N-dealkylation sites (tertiary alicyclic amines) is 1. The van der Waals surface area contributed by atoms with Gasteiger partial charge < -0.3 is 14.7 Å². The highest BCUT2D eigenvalue weighted by molar-refractivity contribution is 5.74. The van der Waals surface area contributed by atoms with Gasteiger partial charge in [0.2, 0.25) is 5.89 Å². The van der Waals surface area contributed by atoms with Gasteiger partial charge in [-0.1, -0.05) is 17.3 Å². The molecule has 0 radical (unpaired) electrons.